The maximum Gasteiger partial charge on any atom is 0.419 e. The Morgan fingerprint density at radius 1 is 1.30 bits per heavy atom. The van der Waals surface area contributed by atoms with Crippen molar-refractivity contribution in [2.24, 2.45) is 5.73 Å². The molecule has 2 aromatic heterocycles. The first-order valence-electron chi connectivity index (χ1n) is 9.23. The van der Waals surface area contributed by atoms with Gasteiger partial charge in [0, 0.05) is 18.0 Å². The van der Waals surface area contributed by atoms with Gasteiger partial charge in [0.15, 0.2) is 0 Å². The molecule has 3 N–H and O–H groups in total. The lowest BCUT2D eigenvalue weighted by atomic mass is 10.0. The molecule has 3 rings (SSSR count). The highest BCUT2D eigenvalue weighted by molar-refractivity contribution is 6.30. The summed E-state index contributed by atoms with van der Waals surface area (Å²) in [5, 5.41) is 0.488. The lowest BCUT2D eigenvalue weighted by molar-refractivity contribution is -0.139. The molecular formula is C20H20ClF3N4O2. The van der Waals surface area contributed by atoms with E-state index in [1.54, 1.807) is 13.8 Å². The number of H-pyrrole nitrogens is 1. The Hall–Kier alpha value is -2.65. The van der Waals surface area contributed by atoms with Crippen molar-refractivity contribution < 1.29 is 17.9 Å². The van der Waals surface area contributed by atoms with Gasteiger partial charge < -0.3 is 15.5 Å². The van der Waals surface area contributed by atoms with E-state index in [1.165, 1.54) is 24.4 Å². The number of fused-ring (bicyclic) bond motifs is 1. The number of hydrogen-bond acceptors (Lipinski definition) is 5. The normalized spacial score (nSPS) is 14.0. The summed E-state index contributed by atoms with van der Waals surface area (Å²) >= 11 is 5.79. The molecule has 0 spiro atoms. The molecule has 0 amide bonds. The van der Waals surface area contributed by atoms with Gasteiger partial charge in [-0.1, -0.05) is 23.7 Å². The van der Waals surface area contributed by atoms with Crippen LogP contribution >= 0.6 is 11.6 Å². The Morgan fingerprint density at radius 2 is 2.03 bits per heavy atom. The number of ether oxygens (including phenoxy) is 1. The lowest BCUT2D eigenvalue weighted by Crippen LogP contribution is -2.20. The molecule has 6 nitrogen and oxygen atoms in total. The largest absolute Gasteiger partial charge is 0.490 e. The number of rotatable bonds is 6. The first-order valence-corrected chi connectivity index (χ1v) is 9.61. The number of pyridine rings is 1. The second kappa shape index (κ2) is 8.61. The number of para-hydroxylation sites is 1. The van der Waals surface area contributed by atoms with Crippen molar-refractivity contribution in [3.8, 4) is 5.75 Å². The van der Waals surface area contributed by atoms with Crippen LogP contribution in [0.2, 0.25) is 5.15 Å². The molecule has 3 aromatic rings. The fourth-order valence-corrected chi connectivity index (χ4v) is 3.21. The van der Waals surface area contributed by atoms with E-state index in [0.717, 1.165) is 6.07 Å². The molecule has 0 aliphatic heterocycles. The van der Waals surface area contributed by atoms with Crippen molar-refractivity contribution in [2.45, 2.75) is 45.0 Å². The minimum Gasteiger partial charge on any atom is -0.490 e. The summed E-state index contributed by atoms with van der Waals surface area (Å²) in [6.07, 6.45) is -3.16. The molecule has 160 valence electrons. The Morgan fingerprint density at radius 3 is 2.70 bits per heavy atom. The number of nitrogens with zero attached hydrogens (tertiary/aromatic N) is 2. The zero-order valence-corrected chi connectivity index (χ0v) is 17.0. The number of aryl methyl sites for hydroxylation is 1. The Bertz CT molecular complexity index is 1120. The van der Waals surface area contributed by atoms with Crippen LogP contribution in [-0.2, 0) is 12.6 Å². The summed E-state index contributed by atoms with van der Waals surface area (Å²) in [6, 6.07) is 4.58. The minimum atomic E-state index is -4.57. The molecule has 30 heavy (non-hydrogen) atoms. The minimum absolute atomic E-state index is 0.179. The first-order chi connectivity index (χ1) is 14.1. The quantitative estimate of drug-likeness (QED) is 0.554. The van der Waals surface area contributed by atoms with Crippen molar-refractivity contribution in [3.05, 3.63) is 62.9 Å². The zero-order chi connectivity index (χ0) is 22.1. The fourth-order valence-electron chi connectivity index (χ4n) is 3.05. The first kappa shape index (κ1) is 22.0. The maximum atomic E-state index is 13.4. The van der Waals surface area contributed by atoms with Gasteiger partial charge >= 0.3 is 6.18 Å². The van der Waals surface area contributed by atoms with Crippen LogP contribution in [0.1, 0.15) is 43.3 Å². The van der Waals surface area contributed by atoms with E-state index in [1.807, 2.05) is 0 Å². The molecule has 1 aromatic carbocycles. The van der Waals surface area contributed by atoms with E-state index >= 15 is 0 Å². The van der Waals surface area contributed by atoms with E-state index in [-0.39, 0.29) is 28.4 Å². The smallest absolute Gasteiger partial charge is 0.419 e. The standard InChI is InChI=1S/C20H20ClF3N4O2/c1-10(30-18-12(11(2)25)4-3-5-14(18)20(22,23)24)6-7-17-27-15-9-26-16(21)8-13(15)19(29)28-17/h3-5,8-11H,6-7,25H2,1-2H3,(H,27,28,29)/t10-,11-/m1/s1. The summed E-state index contributed by atoms with van der Waals surface area (Å²) in [5.41, 5.74) is 5.26. The lowest BCUT2D eigenvalue weighted by Gasteiger charge is -2.23. The highest BCUT2D eigenvalue weighted by Crippen LogP contribution is 2.40. The van der Waals surface area contributed by atoms with E-state index in [0.29, 0.717) is 23.1 Å². The van der Waals surface area contributed by atoms with E-state index in [2.05, 4.69) is 15.0 Å². The second-order valence-corrected chi connectivity index (χ2v) is 7.40. The van der Waals surface area contributed by atoms with Crippen LogP contribution in [0.25, 0.3) is 10.9 Å². The van der Waals surface area contributed by atoms with Gasteiger partial charge in [0.05, 0.1) is 28.8 Å². The number of alkyl halides is 3. The highest BCUT2D eigenvalue weighted by atomic mass is 35.5. The molecule has 0 bridgehead atoms. The van der Waals surface area contributed by atoms with Gasteiger partial charge in [0.2, 0.25) is 0 Å². The average Bonchev–Trinajstić information content (AvgIpc) is 2.66. The van der Waals surface area contributed by atoms with Gasteiger partial charge in [0.25, 0.3) is 5.56 Å². The van der Waals surface area contributed by atoms with Crippen LogP contribution in [0.4, 0.5) is 13.2 Å². The molecule has 0 saturated heterocycles. The van der Waals surface area contributed by atoms with Crippen LogP contribution < -0.4 is 16.0 Å². The summed E-state index contributed by atoms with van der Waals surface area (Å²) in [4.78, 5) is 23.1. The average molecular weight is 441 g/mol. The summed E-state index contributed by atoms with van der Waals surface area (Å²) < 4.78 is 46.0. The molecule has 0 saturated carbocycles. The van der Waals surface area contributed by atoms with Crippen molar-refractivity contribution in [1.29, 1.82) is 0 Å². The Labute approximate surface area is 175 Å². The molecule has 0 aliphatic carbocycles. The number of benzene rings is 1. The molecule has 2 heterocycles. The Kier molecular flexibility index (Phi) is 6.33. The summed E-state index contributed by atoms with van der Waals surface area (Å²) in [5.74, 6) is 0.106. The van der Waals surface area contributed by atoms with Gasteiger partial charge in [-0.25, -0.2) is 9.97 Å². The Balaban J connectivity index is 1.80. The second-order valence-electron chi connectivity index (χ2n) is 7.01. The zero-order valence-electron chi connectivity index (χ0n) is 16.3. The van der Waals surface area contributed by atoms with Crippen LogP contribution in [0.15, 0.2) is 35.3 Å². The van der Waals surface area contributed by atoms with Crippen LogP contribution in [0, 0.1) is 0 Å². The molecule has 2 atom stereocenters. The van der Waals surface area contributed by atoms with Crippen LogP contribution in [0.5, 0.6) is 5.75 Å². The van der Waals surface area contributed by atoms with E-state index in [4.69, 9.17) is 22.1 Å². The molecule has 0 radical (unpaired) electrons. The van der Waals surface area contributed by atoms with E-state index in [9.17, 15) is 18.0 Å². The number of aromatic amines is 1. The van der Waals surface area contributed by atoms with Gasteiger partial charge in [-0.3, -0.25) is 4.79 Å². The summed E-state index contributed by atoms with van der Waals surface area (Å²) in [6.45, 7) is 3.25. The number of nitrogens with one attached hydrogen (secondary N) is 1. The number of aromatic nitrogens is 3. The summed E-state index contributed by atoms with van der Waals surface area (Å²) in [7, 11) is 0. The monoisotopic (exact) mass is 440 g/mol. The number of halogens is 4. The van der Waals surface area contributed by atoms with Crippen molar-refractivity contribution >= 4 is 22.5 Å². The SMILES string of the molecule is C[C@H](CCc1nc2cnc(Cl)cc2c(=O)[nH]1)Oc1c([C@@H](C)N)cccc1C(F)(F)F. The van der Waals surface area contributed by atoms with Crippen molar-refractivity contribution in [1.82, 2.24) is 15.0 Å². The molecule has 0 aliphatic rings. The molecule has 10 heteroatoms. The third kappa shape index (κ3) is 4.91. The van der Waals surface area contributed by atoms with Crippen LogP contribution in [0.3, 0.4) is 0 Å². The van der Waals surface area contributed by atoms with Gasteiger partial charge in [-0.2, -0.15) is 13.2 Å². The van der Waals surface area contributed by atoms with Gasteiger partial charge in [0.1, 0.15) is 16.7 Å². The molecular weight excluding hydrogens is 421 g/mol. The van der Waals surface area contributed by atoms with Crippen molar-refractivity contribution in [2.75, 3.05) is 0 Å². The molecule has 0 unspecified atom stereocenters. The van der Waals surface area contributed by atoms with Crippen molar-refractivity contribution in [3.63, 3.8) is 0 Å². The highest BCUT2D eigenvalue weighted by Gasteiger charge is 2.36. The maximum absolute atomic E-state index is 13.4. The van der Waals surface area contributed by atoms with Gasteiger partial charge in [-0.05, 0) is 32.4 Å². The predicted octanol–water partition coefficient (Wildman–Crippen LogP) is 4.41. The molecule has 0 fully saturated rings. The number of hydrogen-bond donors (Lipinski definition) is 2. The van der Waals surface area contributed by atoms with Crippen LogP contribution in [-0.4, -0.2) is 21.1 Å². The fraction of sp³-hybridized carbons (Fsp3) is 0.350. The van der Waals surface area contributed by atoms with Gasteiger partial charge in [-0.15, -0.1) is 0 Å². The third-order valence-electron chi connectivity index (χ3n) is 4.56. The predicted molar refractivity (Wildman–Crippen MR) is 108 cm³/mol. The third-order valence-corrected chi connectivity index (χ3v) is 4.76. The topological polar surface area (TPSA) is 93.9 Å². The van der Waals surface area contributed by atoms with E-state index < -0.39 is 23.9 Å². The number of nitrogens with two attached hydrogens (primary N) is 1.